The predicted octanol–water partition coefficient (Wildman–Crippen LogP) is 4.35. The van der Waals surface area contributed by atoms with Crippen molar-refractivity contribution < 1.29 is 18.3 Å². The minimum atomic E-state index is -1.06. The quantitative estimate of drug-likeness (QED) is 0.346. The van der Waals surface area contributed by atoms with E-state index in [9.17, 15) is 13.6 Å². The Hall–Kier alpha value is -4.05. The van der Waals surface area contributed by atoms with Gasteiger partial charge in [0.1, 0.15) is 0 Å². The zero-order valence-corrected chi connectivity index (χ0v) is 20.4. The summed E-state index contributed by atoms with van der Waals surface area (Å²) in [4.78, 5) is 21.8. The highest BCUT2D eigenvalue weighted by Crippen LogP contribution is 2.58. The molecule has 8 nitrogen and oxygen atoms in total. The van der Waals surface area contributed by atoms with Crippen LogP contribution < -0.4 is 21.1 Å². The fourth-order valence-electron chi connectivity index (χ4n) is 5.72. The maximum atomic E-state index is 14.8. The molecule has 3 saturated carbocycles. The van der Waals surface area contributed by atoms with Gasteiger partial charge in [0.05, 0.1) is 19.0 Å². The van der Waals surface area contributed by atoms with E-state index >= 15 is 0 Å². The molecule has 7 rings (SSSR count). The number of aromatic nitrogens is 3. The second-order valence-corrected chi connectivity index (χ2v) is 10.0. The van der Waals surface area contributed by atoms with Crippen molar-refractivity contribution in [2.45, 2.75) is 43.7 Å². The molecule has 0 unspecified atom stereocenters. The van der Waals surface area contributed by atoms with Crippen LogP contribution in [-0.2, 0) is 6.42 Å². The third kappa shape index (κ3) is 3.71. The first kappa shape index (κ1) is 23.4. The molecule has 3 aliphatic carbocycles. The number of aryl methyl sites for hydroxylation is 1. The largest absolute Gasteiger partial charge is 0.494 e. The van der Waals surface area contributed by atoms with Gasteiger partial charge in [-0.15, -0.1) is 0 Å². The fraction of sp³-hybridized carbons (Fsp3) is 0.296. The summed E-state index contributed by atoms with van der Waals surface area (Å²) >= 11 is 0. The Morgan fingerprint density at radius 3 is 2.65 bits per heavy atom. The van der Waals surface area contributed by atoms with Gasteiger partial charge in [-0.3, -0.25) is 9.20 Å². The number of carbonyl (C=O) groups excluding carboxylic acids is 1. The molecule has 37 heavy (non-hydrogen) atoms. The fourth-order valence-corrected chi connectivity index (χ4v) is 5.72. The van der Waals surface area contributed by atoms with E-state index in [-0.39, 0.29) is 28.3 Å². The van der Waals surface area contributed by atoms with E-state index < -0.39 is 11.6 Å². The van der Waals surface area contributed by atoms with E-state index in [0.717, 1.165) is 30.5 Å². The van der Waals surface area contributed by atoms with Crippen LogP contribution in [0.15, 0.2) is 48.9 Å². The summed E-state index contributed by atoms with van der Waals surface area (Å²) in [5, 5.41) is 6.42. The normalized spacial score (nSPS) is 21.8. The Bertz CT molecular complexity index is 1550. The van der Waals surface area contributed by atoms with E-state index in [2.05, 4.69) is 20.6 Å². The number of nitrogens with zero attached hydrogens (tertiary/aromatic N) is 3. The highest BCUT2D eigenvalue weighted by atomic mass is 19.2. The van der Waals surface area contributed by atoms with Crippen molar-refractivity contribution >= 4 is 23.1 Å². The maximum absolute atomic E-state index is 14.8. The Morgan fingerprint density at radius 1 is 1.16 bits per heavy atom. The van der Waals surface area contributed by atoms with Gasteiger partial charge in [-0.05, 0) is 61.6 Å². The number of halogens is 2. The second-order valence-electron chi connectivity index (χ2n) is 10.0. The van der Waals surface area contributed by atoms with Crippen LogP contribution >= 0.6 is 0 Å². The molecule has 2 bridgehead atoms. The molecule has 1 amide bonds. The zero-order valence-electron chi connectivity index (χ0n) is 20.4. The summed E-state index contributed by atoms with van der Waals surface area (Å²) in [5.74, 6) is -1.90. The lowest BCUT2D eigenvalue weighted by Crippen LogP contribution is -2.82. The molecule has 190 valence electrons. The molecule has 2 aromatic heterocycles. The van der Waals surface area contributed by atoms with Crippen LogP contribution in [0, 0.1) is 11.6 Å². The number of rotatable bonds is 7. The van der Waals surface area contributed by atoms with Crippen molar-refractivity contribution in [1.82, 2.24) is 19.7 Å². The molecular weight excluding hydrogens is 478 g/mol. The van der Waals surface area contributed by atoms with Crippen molar-refractivity contribution in [3.8, 4) is 17.0 Å². The molecule has 2 heterocycles. The van der Waals surface area contributed by atoms with Crippen molar-refractivity contribution in [1.29, 1.82) is 0 Å². The Labute approximate surface area is 211 Å². The highest BCUT2D eigenvalue weighted by molar-refractivity contribution is 5.97. The number of nitrogens with two attached hydrogens (primary N) is 1. The van der Waals surface area contributed by atoms with Crippen molar-refractivity contribution in [2.75, 3.05) is 12.4 Å². The number of amides is 1. The molecule has 0 spiro atoms. The van der Waals surface area contributed by atoms with E-state index in [4.69, 9.17) is 10.5 Å². The van der Waals surface area contributed by atoms with Crippen LogP contribution in [0.4, 0.5) is 20.3 Å². The molecule has 0 saturated heterocycles. The van der Waals surface area contributed by atoms with Crippen LogP contribution in [0.3, 0.4) is 0 Å². The summed E-state index contributed by atoms with van der Waals surface area (Å²) < 4.78 is 35.6. The highest BCUT2D eigenvalue weighted by Gasteiger charge is 2.66. The standard InChI is InChI=1S/C27H26F2N6O2/c1-3-15-10-16(4-5-17(15)25(36)34-27-12-26(30,13-27)14-27)33-23-24-32-11-19(35(24)9-8-31-23)18-6-7-20(37-2)22(29)21(18)28/h4-11H,3,12-14,30H2,1-2H3,(H,31,33)(H,34,36). The van der Waals surface area contributed by atoms with Crippen LogP contribution in [-0.4, -0.2) is 38.5 Å². The van der Waals surface area contributed by atoms with Gasteiger partial charge >= 0.3 is 0 Å². The molecule has 4 aromatic rings. The third-order valence-corrected chi connectivity index (χ3v) is 7.41. The van der Waals surface area contributed by atoms with E-state index in [1.807, 2.05) is 19.1 Å². The number of methoxy groups -OCH3 is 1. The molecule has 0 atom stereocenters. The molecule has 10 heteroatoms. The number of anilines is 2. The summed E-state index contributed by atoms with van der Waals surface area (Å²) in [6.07, 6.45) is 7.82. The Morgan fingerprint density at radius 2 is 1.95 bits per heavy atom. The topological polar surface area (TPSA) is 107 Å². The van der Waals surface area contributed by atoms with Gasteiger partial charge in [0.15, 0.2) is 23.0 Å². The van der Waals surface area contributed by atoms with Crippen molar-refractivity contribution in [3.63, 3.8) is 0 Å². The van der Waals surface area contributed by atoms with Crippen LogP contribution in [0.5, 0.6) is 5.75 Å². The number of hydrogen-bond donors (Lipinski definition) is 3. The van der Waals surface area contributed by atoms with E-state index in [0.29, 0.717) is 29.1 Å². The predicted molar refractivity (Wildman–Crippen MR) is 135 cm³/mol. The summed E-state index contributed by atoms with van der Waals surface area (Å²) in [6, 6.07) is 8.35. The molecular formula is C27H26F2N6O2. The number of imidazole rings is 1. The van der Waals surface area contributed by atoms with Gasteiger partial charge in [-0.1, -0.05) is 6.92 Å². The summed E-state index contributed by atoms with van der Waals surface area (Å²) in [7, 11) is 1.28. The van der Waals surface area contributed by atoms with Crippen LogP contribution in [0.1, 0.15) is 42.1 Å². The third-order valence-electron chi connectivity index (χ3n) is 7.41. The number of hydrogen-bond acceptors (Lipinski definition) is 6. The van der Waals surface area contributed by atoms with Crippen molar-refractivity contribution in [3.05, 3.63) is 71.7 Å². The van der Waals surface area contributed by atoms with Gasteiger partial charge in [0.25, 0.3) is 5.91 Å². The Kier molecular flexibility index (Phi) is 5.20. The molecule has 0 radical (unpaired) electrons. The van der Waals surface area contributed by atoms with E-state index in [1.165, 1.54) is 25.4 Å². The van der Waals surface area contributed by atoms with Gasteiger partial charge < -0.3 is 21.1 Å². The molecule has 2 aromatic carbocycles. The van der Waals surface area contributed by atoms with Gasteiger partial charge in [-0.2, -0.15) is 4.39 Å². The van der Waals surface area contributed by atoms with Gasteiger partial charge in [-0.25, -0.2) is 14.4 Å². The van der Waals surface area contributed by atoms with Gasteiger partial charge in [0.2, 0.25) is 5.82 Å². The SMILES string of the molecule is CCc1cc(Nc2nccn3c(-c4ccc(OC)c(F)c4F)cnc23)ccc1C(=O)NC12CC(N)(C1)C2. The number of nitrogens with one attached hydrogen (secondary N) is 2. The molecule has 0 aliphatic heterocycles. The maximum Gasteiger partial charge on any atom is 0.251 e. The minimum Gasteiger partial charge on any atom is -0.494 e. The number of ether oxygens (including phenoxy) is 1. The smallest absolute Gasteiger partial charge is 0.251 e. The first-order valence-electron chi connectivity index (χ1n) is 12.1. The summed E-state index contributed by atoms with van der Waals surface area (Å²) in [6.45, 7) is 1.99. The zero-order chi connectivity index (χ0) is 25.9. The van der Waals surface area contributed by atoms with E-state index in [1.54, 1.807) is 22.9 Å². The van der Waals surface area contributed by atoms with Gasteiger partial charge in [0, 0.05) is 40.3 Å². The van der Waals surface area contributed by atoms with Crippen LogP contribution in [0.25, 0.3) is 16.9 Å². The summed E-state index contributed by atoms with van der Waals surface area (Å²) in [5.41, 5.74) is 9.01. The number of benzene rings is 2. The number of fused-ring (bicyclic) bond motifs is 1. The first-order valence-corrected chi connectivity index (χ1v) is 12.1. The molecule has 3 fully saturated rings. The Balaban J connectivity index is 1.28. The molecule has 4 N–H and O–H groups in total. The van der Waals surface area contributed by atoms with Crippen LogP contribution in [0.2, 0.25) is 0 Å². The lowest BCUT2D eigenvalue weighted by Gasteiger charge is -2.68. The average Bonchev–Trinajstić information content (AvgIpc) is 3.29. The molecule has 3 aliphatic rings. The van der Waals surface area contributed by atoms with Crippen molar-refractivity contribution in [2.24, 2.45) is 5.73 Å². The number of carbonyl (C=O) groups is 1. The minimum absolute atomic E-state index is 0.0517. The average molecular weight is 505 g/mol. The second kappa shape index (κ2) is 8.24. The lowest BCUT2D eigenvalue weighted by molar-refractivity contribution is -0.0712. The first-order chi connectivity index (χ1) is 17.7. The monoisotopic (exact) mass is 504 g/mol. The lowest BCUT2D eigenvalue weighted by atomic mass is 9.44.